The van der Waals surface area contributed by atoms with E-state index in [2.05, 4.69) is 10.6 Å². The molecule has 7 nitrogen and oxygen atoms in total. The molecule has 0 radical (unpaired) electrons. The molecule has 2 aromatic rings. The van der Waals surface area contributed by atoms with Crippen LogP contribution in [0.3, 0.4) is 0 Å². The van der Waals surface area contributed by atoms with Gasteiger partial charge in [-0.3, -0.25) is 9.59 Å². The molecule has 176 valence electrons. The van der Waals surface area contributed by atoms with Crippen molar-refractivity contribution >= 4 is 39.1 Å². The molecule has 1 heterocycles. The van der Waals surface area contributed by atoms with Crippen LogP contribution in [-0.2, 0) is 25.0 Å². The Bertz CT molecular complexity index is 1120. The second kappa shape index (κ2) is 9.44. The van der Waals surface area contributed by atoms with Crippen LogP contribution in [-0.4, -0.2) is 43.7 Å². The van der Waals surface area contributed by atoms with Crippen LogP contribution in [0.1, 0.15) is 44.6 Å². The van der Waals surface area contributed by atoms with Crippen molar-refractivity contribution in [3.63, 3.8) is 0 Å². The molecule has 33 heavy (non-hydrogen) atoms. The summed E-state index contributed by atoms with van der Waals surface area (Å²) in [5.74, 6) is -0.194. The van der Waals surface area contributed by atoms with E-state index in [-0.39, 0.29) is 22.8 Å². The average Bonchev–Trinajstić information content (AvgIpc) is 2.75. The Hall–Kier alpha value is -2.42. The van der Waals surface area contributed by atoms with Crippen molar-refractivity contribution in [1.29, 1.82) is 0 Å². The summed E-state index contributed by atoms with van der Waals surface area (Å²) in [4.78, 5) is 24.5. The maximum atomic E-state index is 13.2. The van der Waals surface area contributed by atoms with Gasteiger partial charge in [-0.05, 0) is 67.6 Å². The molecule has 0 spiro atoms. The van der Waals surface area contributed by atoms with Gasteiger partial charge in [0.25, 0.3) is 0 Å². The minimum Gasteiger partial charge on any atom is -0.352 e. The van der Waals surface area contributed by atoms with E-state index in [1.807, 2.05) is 24.3 Å². The zero-order chi connectivity index (χ0) is 23.6. The molecular weight excluding hydrogens is 462 g/mol. The predicted molar refractivity (Wildman–Crippen MR) is 128 cm³/mol. The van der Waals surface area contributed by atoms with Gasteiger partial charge < -0.3 is 10.6 Å². The minimum atomic E-state index is -3.63. The molecule has 2 amide bonds. The summed E-state index contributed by atoms with van der Waals surface area (Å²) in [5.41, 5.74) is 1.02. The van der Waals surface area contributed by atoms with E-state index in [0.29, 0.717) is 36.6 Å². The van der Waals surface area contributed by atoms with Gasteiger partial charge in [0.05, 0.1) is 10.3 Å². The Balaban J connectivity index is 1.37. The van der Waals surface area contributed by atoms with Gasteiger partial charge in [-0.25, -0.2) is 8.42 Å². The van der Waals surface area contributed by atoms with Crippen LogP contribution in [0.2, 0.25) is 5.02 Å². The van der Waals surface area contributed by atoms with E-state index in [4.69, 9.17) is 11.6 Å². The number of halogens is 1. The molecule has 2 fully saturated rings. The lowest BCUT2D eigenvalue weighted by atomic mass is 9.63. The number of rotatable bonds is 6. The highest BCUT2D eigenvalue weighted by Gasteiger charge is 2.46. The fourth-order valence-electron chi connectivity index (χ4n) is 4.57. The predicted octanol–water partition coefficient (Wildman–Crippen LogP) is 3.69. The number of carbonyl (C=O) groups excluding carboxylic acids is 2. The highest BCUT2D eigenvalue weighted by Crippen LogP contribution is 2.44. The average molecular weight is 490 g/mol. The number of carbonyl (C=O) groups is 2. The first-order valence-electron chi connectivity index (χ1n) is 11.2. The van der Waals surface area contributed by atoms with Gasteiger partial charge in [-0.2, -0.15) is 4.31 Å². The van der Waals surface area contributed by atoms with Gasteiger partial charge in [-0.15, -0.1) is 0 Å². The van der Waals surface area contributed by atoms with E-state index < -0.39 is 15.4 Å². The van der Waals surface area contributed by atoms with Crippen LogP contribution >= 0.6 is 11.6 Å². The normalized spacial score (nSPS) is 18.8. The van der Waals surface area contributed by atoms with E-state index in [9.17, 15) is 18.0 Å². The maximum absolute atomic E-state index is 13.2. The quantitative estimate of drug-likeness (QED) is 0.646. The first-order valence-corrected chi connectivity index (χ1v) is 13.0. The molecule has 4 rings (SSSR count). The van der Waals surface area contributed by atoms with Crippen LogP contribution in [0.4, 0.5) is 5.69 Å². The fraction of sp³-hybridized carbons (Fsp3) is 0.417. The van der Waals surface area contributed by atoms with Crippen molar-refractivity contribution in [3.8, 4) is 0 Å². The van der Waals surface area contributed by atoms with Crippen molar-refractivity contribution in [2.75, 3.05) is 18.4 Å². The summed E-state index contributed by atoms with van der Waals surface area (Å²) in [6.07, 6.45) is 3.75. The highest BCUT2D eigenvalue weighted by atomic mass is 35.5. The van der Waals surface area contributed by atoms with Crippen molar-refractivity contribution in [1.82, 2.24) is 9.62 Å². The zero-order valence-electron chi connectivity index (χ0n) is 18.5. The third-order valence-electron chi connectivity index (χ3n) is 6.64. The molecule has 9 heteroatoms. The second-order valence-electron chi connectivity index (χ2n) is 8.80. The Morgan fingerprint density at radius 1 is 1.00 bits per heavy atom. The summed E-state index contributed by atoms with van der Waals surface area (Å²) in [6, 6.07) is 13.6. The van der Waals surface area contributed by atoms with Crippen molar-refractivity contribution in [3.05, 3.63) is 59.1 Å². The monoisotopic (exact) mass is 489 g/mol. The molecule has 1 saturated heterocycles. The highest BCUT2D eigenvalue weighted by molar-refractivity contribution is 7.89. The lowest BCUT2D eigenvalue weighted by Gasteiger charge is -2.42. The van der Waals surface area contributed by atoms with Crippen LogP contribution in [0.5, 0.6) is 0 Å². The van der Waals surface area contributed by atoms with Crippen LogP contribution < -0.4 is 10.6 Å². The first kappa shape index (κ1) is 23.7. The molecule has 1 saturated carbocycles. The molecule has 2 aromatic carbocycles. The SMILES string of the molecule is CC(=O)Nc1ccc(S(=O)(=O)N2CCC(NC(=O)C3(c4ccc(Cl)cc4)CCC3)CC2)cc1. The number of anilines is 1. The van der Waals surface area contributed by atoms with Gasteiger partial charge in [-0.1, -0.05) is 30.2 Å². The minimum absolute atomic E-state index is 0.0194. The molecule has 0 atom stereocenters. The molecule has 0 unspecified atom stereocenters. The number of hydrogen-bond acceptors (Lipinski definition) is 4. The summed E-state index contributed by atoms with van der Waals surface area (Å²) in [5, 5.41) is 6.45. The van der Waals surface area contributed by atoms with E-state index in [1.165, 1.54) is 23.4 Å². The standard InChI is InChI=1S/C24H28ClN3O4S/c1-17(29)26-20-7-9-22(10-8-20)33(31,32)28-15-11-21(12-16-28)27-23(30)24(13-2-14-24)18-3-5-19(25)6-4-18/h3-10,21H,2,11-16H2,1H3,(H,26,29)(H,27,30). The Labute approximate surface area is 199 Å². The Morgan fingerprint density at radius 2 is 1.61 bits per heavy atom. The first-order chi connectivity index (χ1) is 15.7. The molecule has 0 bridgehead atoms. The van der Waals surface area contributed by atoms with Gasteiger partial charge in [0.1, 0.15) is 0 Å². The largest absolute Gasteiger partial charge is 0.352 e. The maximum Gasteiger partial charge on any atom is 0.243 e. The van der Waals surface area contributed by atoms with Crippen LogP contribution in [0.25, 0.3) is 0 Å². The van der Waals surface area contributed by atoms with Crippen molar-refractivity contribution in [2.45, 2.75) is 55.4 Å². The van der Waals surface area contributed by atoms with Gasteiger partial charge in [0.15, 0.2) is 0 Å². The number of nitrogens with one attached hydrogen (secondary N) is 2. The van der Waals surface area contributed by atoms with Gasteiger partial charge in [0, 0.05) is 36.8 Å². The zero-order valence-corrected chi connectivity index (χ0v) is 20.1. The van der Waals surface area contributed by atoms with Crippen LogP contribution in [0, 0.1) is 0 Å². The molecule has 2 N–H and O–H groups in total. The number of piperidine rings is 1. The fourth-order valence-corrected chi connectivity index (χ4v) is 6.17. The second-order valence-corrected chi connectivity index (χ2v) is 11.2. The van der Waals surface area contributed by atoms with Gasteiger partial charge >= 0.3 is 0 Å². The van der Waals surface area contributed by atoms with Crippen LogP contribution in [0.15, 0.2) is 53.4 Å². The molecule has 0 aromatic heterocycles. The number of nitrogens with zero attached hydrogens (tertiary/aromatic N) is 1. The van der Waals surface area contributed by atoms with E-state index in [0.717, 1.165) is 24.8 Å². The number of sulfonamides is 1. The van der Waals surface area contributed by atoms with E-state index in [1.54, 1.807) is 12.1 Å². The number of hydrogen-bond donors (Lipinski definition) is 2. The van der Waals surface area contributed by atoms with Crippen molar-refractivity contribution < 1.29 is 18.0 Å². The summed E-state index contributed by atoms with van der Waals surface area (Å²) >= 11 is 6.01. The molecular formula is C24H28ClN3O4S. The summed E-state index contributed by atoms with van der Waals surface area (Å²) < 4.78 is 27.5. The number of amides is 2. The third kappa shape index (κ3) is 4.93. The molecule has 1 aliphatic carbocycles. The lowest BCUT2D eigenvalue weighted by molar-refractivity contribution is -0.131. The third-order valence-corrected chi connectivity index (χ3v) is 8.81. The molecule has 2 aliphatic rings. The topological polar surface area (TPSA) is 95.6 Å². The Morgan fingerprint density at radius 3 is 2.12 bits per heavy atom. The van der Waals surface area contributed by atoms with Gasteiger partial charge in [0.2, 0.25) is 21.8 Å². The Kier molecular flexibility index (Phi) is 6.79. The molecule has 1 aliphatic heterocycles. The summed E-state index contributed by atoms with van der Waals surface area (Å²) in [6.45, 7) is 2.08. The lowest BCUT2D eigenvalue weighted by Crippen LogP contribution is -2.54. The van der Waals surface area contributed by atoms with Crippen molar-refractivity contribution in [2.24, 2.45) is 0 Å². The smallest absolute Gasteiger partial charge is 0.243 e. The summed E-state index contributed by atoms with van der Waals surface area (Å²) in [7, 11) is -3.63. The van der Waals surface area contributed by atoms with E-state index >= 15 is 0 Å². The number of benzene rings is 2.